The van der Waals surface area contributed by atoms with Crippen molar-refractivity contribution in [2.75, 3.05) is 25.2 Å². The second-order valence-electron chi connectivity index (χ2n) is 9.49. The summed E-state index contributed by atoms with van der Waals surface area (Å²) in [6.45, 7) is -0.554. The Morgan fingerprint density at radius 3 is 2.40 bits per heavy atom. The van der Waals surface area contributed by atoms with Gasteiger partial charge in [-0.05, 0) is 22.8 Å². The zero-order valence-corrected chi connectivity index (χ0v) is 26.0. The van der Waals surface area contributed by atoms with Gasteiger partial charge >= 0.3 is 11.9 Å². The van der Waals surface area contributed by atoms with Gasteiger partial charge in [0.05, 0.1) is 7.11 Å². The summed E-state index contributed by atoms with van der Waals surface area (Å²) in [6.07, 6.45) is 0.791. The van der Waals surface area contributed by atoms with E-state index in [2.05, 4.69) is 20.2 Å². The minimum absolute atomic E-state index is 0.0330. The average Bonchev–Trinajstić information content (AvgIpc) is 3.50. The average molecular weight is 668 g/mol. The van der Waals surface area contributed by atoms with E-state index in [0.29, 0.717) is 11.3 Å². The first kappa shape index (κ1) is 31.8. The Hall–Kier alpha value is -4.66. The number of nitrogens with zero attached hydrogens (tertiary/aromatic N) is 3. The molecule has 2 aliphatic rings. The Labute approximate surface area is 270 Å². The number of carbonyl (C=O) groups excluding carboxylic acids is 4. The summed E-state index contributed by atoms with van der Waals surface area (Å²) in [6, 6.07) is 17.5. The molecule has 1 saturated heterocycles. The number of oxime groups is 1. The molecule has 3 N–H and O–H groups in total. The van der Waals surface area contributed by atoms with E-state index in [4.69, 9.17) is 26.9 Å². The van der Waals surface area contributed by atoms with Crippen LogP contribution in [-0.2, 0) is 33.5 Å². The number of fused-ring (bicyclic) bond motifs is 1. The first-order valence-electron chi connectivity index (χ1n) is 13.4. The highest BCUT2D eigenvalue weighted by atomic mass is 35.5. The van der Waals surface area contributed by atoms with E-state index >= 15 is 0 Å². The van der Waals surface area contributed by atoms with Crippen LogP contribution in [0.3, 0.4) is 0 Å². The number of hydrogen-bond acceptors (Lipinski definition) is 12. The van der Waals surface area contributed by atoms with Crippen molar-refractivity contribution in [3.63, 3.8) is 0 Å². The van der Waals surface area contributed by atoms with Crippen LogP contribution in [0.1, 0.15) is 22.9 Å². The minimum atomic E-state index is -1.02. The molecular formula is C30H26ClN5O7S2. The largest absolute Gasteiger partial charge is 0.466 e. The van der Waals surface area contributed by atoms with Crippen LogP contribution in [0.25, 0.3) is 0 Å². The quantitative estimate of drug-likeness (QED) is 0.134. The molecule has 2 aliphatic heterocycles. The van der Waals surface area contributed by atoms with Crippen molar-refractivity contribution in [3.8, 4) is 0 Å². The Bertz CT molecular complexity index is 1640. The number of nitrogens with two attached hydrogens (primary N) is 1. The number of benzene rings is 2. The van der Waals surface area contributed by atoms with Crippen molar-refractivity contribution >= 4 is 69.3 Å². The first-order chi connectivity index (χ1) is 21.8. The fourth-order valence-corrected chi connectivity index (χ4v) is 6.62. The number of rotatable bonds is 11. The molecule has 1 aromatic heterocycles. The molecule has 0 spiro atoms. The molecule has 2 amide bonds. The van der Waals surface area contributed by atoms with Gasteiger partial charge < -0.3 is 25.4 Å². The molecule has 232 valence electrons. The first-order valence-corrected chi connectivity index (χ1v) is 15.7. The van der Waals surface area contributed by atoms with Crippen molar-refractivity contribution < 1.29 is 33.5 Å². The number of nitrogens with one attached hydrogen (secondary N) is 1. The summed E-state index contributed by atoms with van der Waals surface area (Å²) < 4.78 is 10.6. The van der Waals surface area contributed by atoms with E-state index in [0.717, 1.165) is 22.5 Å². The van der Waals surface area contributed by atoms with Gasteiger partial charge in [-0.1, -0.05) is 77.4 Å². The molecule has 0 aliphatic carbocycles. The van der Waals surface area contributed by atoms with E-state index in [-0.39, 0.29) is 22.2 Å². The topological polar surface area (TPSA) is 163 Å². The summed E-state index contributed by atoms with van der Waals surface area (Å²) in [7, 11) is 1.18. The van der Waals surface area contributed by atoms with Gasteiger partial charge in [-0.2, -0.15) is 0 Å². The molecule has 15 heteroatoms. The molecule has 2 unspecified atom stereocenters. The fourth-order valence-electron chi connectivity index (χ4n) is 4.60. The number of thioether (sulfide) groups is 1. The summed E-state index contributed by atoms with van der Waals surface area (Å²) in [4.78, 5) is 62.6. The number of esters is 2. The van der Waals surface area contributed by atoms with Crippen LogP contribution in [-0.4, -0.2) is 70.2 Å². The Kier molecular flexibility index (Phi) is 10.2. The normalized spacial score (nSPS) is 18.0. The molecule has 3 heterocycles. The standard InChI is InChI=1S/C30H26ClN5O7S2/c1-41-21(37)14-42-35-22(20-16-45-30(32)33-20)26(38)34-23-27(39)36-24(19(12-13-31)15-44-28(23)36)29(40)43-25(17-8-4-2-5-9-17)18-10-6-3-7-11-18/h2-13,16,23,25,28H,14-15H2,1H3,(H2,32,33)(H,34,38)/b13-12+,35-22+. The van der Waals surface area contributed by atoms with Gasteiger partial charge in [-0.3, -0.25) is 14.5 Å². The van der Waals surface area contributed by atoms with Crippen LogP contribution in [0.5, 0.6) is 0 Å². The van der Waals surface area contributed by atoms with Gasteiger partial charge in [0.25, 0.3) is 11.8 Å². The van der Waals surface area contributed by atoms with E-state index in [1.54, 1.807) is 0 Å². The van der Waals surface area contributed by atoms with E-state index in [1.807, 2.05) is 60.7 Å². The van der Waals surface area contributed by atoms with Gasteiger partial charge in [-0.25, -0.2) is 14.6 Å². The lowest BCUT2D eigenvalue weighted by molar-refractivity contribution is -0.154. The van der Waals surface area contributed by atoms with Crippen LogP contribution in [0.15, 0.2) is 94.1 Å². The Morgan fingerprint density at radius 1 is 1.16 bits per heavy atom. The number of ether oxygens (including phenoxy) is 2. The summed E-state index contributed by atoms with van der Waals surface area (Å²) in [5, 5.41) is 7.43. The second kappa shape index (κ2) is 14.4. The lowest BCUT2D eigenvalue weighted by Gasteiger charge is -2.49. The van der Waals surface area contributed by atoms with Gasteiger partial charge in [-0.15, -0.1) is 23.1 Å². The number of hydrogen-bond donors (Lipinski definition) is 2. The Morgan fingerprint density at radius 2 is 1.82 bits per heavy atom. The summed E-state index contributed by atoms with van der Waals surface area (Å²) in [5.41, 5.74) is 8.80. The maximum Gasteiger partial charge on any atom is 0.356 e. The number of allylic oxidation sites excluding steroid dienone is 1. The summed E-state index contributed by atoms with van der Waals surface area (Å²) in [5.74, 6) is -2.47. The smallest absolute Gasteiger partial charge is 0.356 e. The Balaban J connectivity index is 1.38. The molecular weight excluding hydrogens is 642 g/mol. The van der Waals surface area contributed by atoms with Gasteiger partial charge in [0.2, 0.25) is 6.61 Å². The van der Waals surface area contributed by atoms with Crippen molar-refractivity contribution in [2.45, 2.75) is 17.5 Å². The number of β-lactam (4-membered cyclic amide) rings is 1. The minimum Gasteiger partial charge on any atom is -0.466 e. The molecule has 5 rings (SSSR count). The molecule has 45 heavy (non-hydrogen) atoms. The predicted molar refractivity (Wildman–Crippen MR) is 169 cm³/mol. The van der Waals surface area contributed by atoms with Crippen LogP contribution in [0.4, 0.5) is 5.13 Å². The third-order valence-corrected chi connectivity index (χ3v) is 8.82. The number of thiazole rings is 1. The molecule has 12 nitrogen and oxygen atoms in total. The molecule has 3 aromatic rings. The van der Waals surface area contributed by atoms with E-state index in [9.17, 15) is 19.2 Å². The highest BCUT2D eigenvalue weighted by molar-refractivity contribution is 8.00. The number of aromatic nitrogens is 1. The number of amides is 2. The van der Waals surface area contributed by atoms with Crippen molar-refractivity contribution in [1.29, 1.82) is 0 Å². The third kappa shape index (κ3) is 7.03. The molecule has 0 bridgehead atoms. The number of carbonyl (C=O) groups is 4. The van der Waals surface area contributed by atoms with Crippen LogP contribution >= 0.6 is 34.7 Å². The fraction of sp³-hybridized carbons (Fsp3) is 0.200. The van der Waals surface area contributed by atoms with Crippen LogP contribution < -0.4 is 11.1 Å². The van der Waals surface area contributed by atoms with Crippen molar-refractivity contribution in [3.05, 3.63) is 106 Å². The van der Waals surface area contributed by atoms with Crippen LogP contribution in [0, 0.1) is 0 Å². The molecule has 0 saturated carbocycles. The van der Waals surface area contributed by atoms with Crippen LogP contribution in [0.2, 0.25) is 0 Å². The van der Waals surface area contributed by atoms with Crippen molar-refractivity contribution in [1.82, 2.24) is 15.2 Å². The lowest BCUT2D eigenvalue weighted by Crippen LogP contribution is -2.71. The second-order valence-corrected chi connectivity index (χ2v) is 11.7. The maximum absolute atomic E-state index is 13.9. The van der Waals surface area contributed by atoms with Gasteiger partial charge in [0.15, 0.2) is 16.9 Å². The molecule has 2 aromatic carbocycles. The van der Waals surface area contributed by atoms with E-state index in [1.165, 1.54) is 40.8 Å². The van der Waals surface area contributed by atoms with E-state index < -0.39 is 47.9 Å². The lowest BCUT2D eigenvalue weighted by atomic mass is 10.0. The summed E-state index contributed by atoms with van der Waals surface area (Å²) >= 11 is 8.30. The predicted octanol–water partition coefficient (Wildman–Crippen LogP) is 3.36. The molecule has 2 atom stereocenters. The zero-order valence-electron chi connectivity index (χ0n) is 23.6. The number of anilines is 1. The number of nitrogen functional groups attached to an aromatic ring is 1. The third-order valence-electron chi connectivity index (χ3n) is 6.72. The SMILES string of the molecule is COC(=O)CO/N=C(/C(=O)NC1C(=O)N2C(C(=O)OC(c3ccccc3)c3ccccc3)=C(/C=C/Cl)CSC12)c1csc(N)n1. The molecule has 1 fully saturated rings. The number of methoxy groups -OCH3 is 1. The number of halogens is 1. The maximum atomic E-state index is 13.9. The van der Waals surface area contributed by atoms with Gasteiger partial charge in [0.1, 0.15) is 22.8 Å². The monoisotopic (exact) mass is 667 g/mol. The molecule has 0 radical (unpaired) electrons. The van der Waals surface area contributed by atoms with Crippen molar-refractivity contribution in [2.24, 2.45) is 5.16 Å². The van der Waals surface area contributed by atoms with Gasteiger partial charge in [0, 0.05) is 16.7 Å². The zero-order chi connectivity index (χ0) is 31.9. The highest BCUT2D eigenvalue weighted by Gasteiger charge is 2.54. The highest BCUT2D eigenvalue weighted by Crippen LogP contribution is 2.42.